The fourth-order valence-electron chi connectivity index (χ4n) is 1.52. The molecule has 2 aromatic rings. The van der Waals surface area contributed by atoms with E-state index in [1.807, 2.05) is 18.2 Å². The van der Waals surface area contributed by atoms with Crippen LogP contribution in [-0.4, -0.2) is 5.78 Å². The van der Waals surface area contributed by atoms with Crippen molar-refractivity contribution < 1.29 is 4.79 Å². The number of Topliss-reactive ketones (excluding diaryl/α,β-unsaturated/α-hetero) is 1. The molecule has 2 rings (SSSR count). The first kappa shape index (κ1) is 10.1. The van der Waals surface area contributed by atoms with E-state index in [-0.39, 0.29) is 5.78 Å². The fourth-order valence-corrected chi connectivity index (χ4v) is 2.25. The highest BCUT2D eigenvalue weighted by Crippen LogP contribution is 2.24. The van der Waals surface area contributed by atoms with E-state index < -0.39 is 0 Å². The second kappa shape index (κ2) is 4.41. The topological polar surface area (TPSA) is 17.1 Å². The second-order valence-corrected chi connectivity index (χ2v) is 4.50. The summed E-state index contributed by atoms with van der Waals surface area (Å²) in [6.45, 7) is 1.62. The van der Waals surface area contributed by atoms with Gasteiger partial charge in [0.05, 0.1) is 0 Å². The molecule has 0 N–H and O–H groups in total. The summed E-state index contributed by atoms with van der Waals surface area (Å²) in [4.78, 5) is 12.2. The summed E-state index contributed by atoms with van der Waals surface area (Å²) in [7, 11) is 0. The molecule has 0 aliphatic heterocycles. The monoisotopic (exact) mass is 216 g/mol. The third kappa shape index (κ3) is 2.54. The Hall–Kier alpha value is -1.41. The van der Waals surface area contributed by atoms with Gasteiger partial charge >= 0.3 is 0 Å². The van der Waals surface area contributed by atoms with Crippen molar-refractivity contribution in [2.75, 3.05) is 0 Å². The summed E-state index contributed by atoms with van der Waals surface area (Å²) in [5.41, 5.74) is 2.31. The van der Waals surface area contributed by atoms with Gasteiger partial charge in [0.2, 0.25) is 0 Å². The molecule has 0 saturated carbocycles. The van der Waals surface area contributed by atoms with Crippen LogP contribution in [0.2, 0.25) is 0 Å². The predicted octanol–water partition coefficient (Wildman–Crippen LogP) is 3.55. The highest BCUT2D eigenvalue weighted by atomic mass is 32.1. The summed E-state index contributed by atoms with van der Waals surface area (Å²) < 4.78 is 0. The Balaban J connectivity index is 2.21. The van der Waals surface area contributed by atoms with Gasteiger partial charge in [-0.15, -0.1) is 11.3 Å². The minimum Gasteiger partial charge on any atom is -0.300 e. The summed E-state index contributed by atoms with van der Waals surface area (Å²) in [6.07, 6.45) is 0.532. The summed E-state index contributed by atoms with van der Waals surface area (Å²) in [5.74, 6) is 0.207. The second-order valence-electron chi connectivity index (χ2n) is 3.55. The van der Waals surface area contributed by atoms with E-state index in [4.69, 9.17) is 0 Å². The number of hydrogen-bond donors (Lipinski definition) is 0. The Labute approximate surface area is 93.4 Å². The van der Waals surface area contributed by atoms with Gasteiger partial charge < -0.3 is 0 Å². The van der Waals surface area contributed by atoms with Gasteiger partial charge in [-0.3, -0.25) is 4.79 Å². The van der Waals surface area contributed by atoms with Gasteiger partial charge in [0.15, 0.2) is 0 Å². The quantitative estimate of drug-likeness (QED) is 0.767. The zero-order valence-electron chi connectivity index (χ0n) is 8.57. The van der Waals surface area contributed by atoms with Gasteiger partial charge in [-0.1, -0.05) is 30.3 Å². The zero-order valence-corrected chi connectivity index (χ0v) is 9.38. The third-order valence-electron chi connectivity index (χ3n) is 2.21. The van der Waals surface area contributed by atoms with Crippen LogP contribution in [0.5, 0.6) is 0 Å². The normalized spacial score (nSPS) is 10.2. The van der Waals surface area contributed by atoms with Crippen molar-refractivity contribution in [1.29, 1.82) is 0 Å². The van der Waals surface area contributed by atoms with Crippen molar-refractivity contribution in [1.82, 2.24) is 0 Å². The van der Waals surface area contributed by atoms with Crippen LogP contribution in [0.3, 0.4) is 0 Å². The molecule has 0 aliphatic carbocycles. The molecular formula is C13H12OS. The number of rotatable bonds is 3. The third-order valence-corrected chi connectivity index (χ3v) is 3.13. The highest BCUT2D eigenvalue weighted by molar-refractivity contribution is 7.13. The lowest BCUT2D eigenvalue weighted by molar-refractivity contribution is -0.116. The summed E-state index contributed by atoms with van der Waals surface area (Å²) in [6, 6.07) is 12.3. The lowest BCUT2D eigenvalue weighted by atomic mass is 10.1. The van der Waals surface area contributed by atoms with Crippen LogP contribution in [-0.2, 0) is 11.2 Å². The van der Waals surface area contributed by atoms with Gasteiger partial charge in [-0.2, -0.15) is 0 Å². The zero-order chi connectivity index (χ0) is 10.7. The highest BCUT2D eigenvalue weighted by Gasteiger charge is 2.00. The maximum absolute atomic E-state index is 10.9. The van der Waals surface area contributed by atoms with Crippen molar-refractivity contribution in [3.63, 3.8) is 0 Å². The number of hydrogen-bond acceptors (Lipinski definition) is 2. The Morgan fingerprint density at radius 3 is 2.47 bits per heavy atom. The van der Waals surface area contributed by atoms with Crippen molar-refractivity contribution in [2.24, 2.45) is 0 Å². The molecule has 0 unspecified atom stereocenters. The fraction of sp³-hybridized carbons (Fsp3) is 0.154. The molecule has 0 fully saturated rings. The first-order valence-corrected chi connectivity index (χ1v) is 5.76. The summed E-state index contributed by atoms with van der Waals surface area (Å²) >= 11 is 1.73. The summed E-state index contributed by atoms with van der Waals surface area (Å²) in [5, 5.41) is 2.07. The van der Waals surface area contributed by atoms with Gasteiger partial charge in [-0.25, -0.2) is 0 Å². The first-order chi connectivity index (χ1) is 7.25. The minimum absolute atomic E-state index is 0.207. The molecule has 0 aliphatic rings. The van der Waals surface area contributed by atoms with Gasteiger partial charge in [-0.05, 0) is 29.5 Å². The number of carbonyl (C=O) groups excluding carboxylic acids is 1. The first-order valence-electron chi connectivity index (χ1n) is 4.88. The molecule has 0 bridgehead atoms. The number of benzene rings is 1. The van der Waals surface area contributed by atoms with Crippen LogP contribution in [0, 0.1) is 0 Å². The maximum Gasteiger partial charge on any atom is 0.134 e. The van der Waals surface area contributed by atoms with Crippen LogP contribution in [0.1, 0.15) is 12.5 Å². The Bertz CT molecular complexity index is 440. The molecule has 0 radical (unpaired) electrons. The SMILES string of the molecule is CC(=O)Cc1ccc(-c2cccs2)cc1. The smallest absolute Gasteiger partial charge is 0.134 e. The van der Waals surface area contributed by atoms with E-state index in [1.165, 1.54) is 10.4 Å². The van der Waals surface area contributed by atoms with Crippen molar-refractivity contribution in [3.05, 3.63) is 47.3 Å². The van der Waals surface area contributed by atoms with E-state index in [9.17, 15) is 4.79 Å². The lowest BCUT2D eigenvalue weighted by Gasteiger charge is -2.00. The van der Waals surface area contributed by atoms with Crippen LogP contribution >= 0.6 is 11.3 Å². The largest absolute Gasteiger partial charge is 0.300 e. The van der Waals surface area contributed by atoms with E-state index in [0.29, 0.717) is 6.42 Å². The van der Waals surface area contributed by atoms with Crippen LogP contribution in [0.15, 0.2) is 41.8 Å². The average Bonchev–Trinajstić information content (AvgIpc) is 2.71. The molecule has 0 amide bonds. The van der Waals surface area contributed by atoms with E-state index in [1.54, 1.807) is 18.3 Å². The molecule has 76 valence electrons. The number of thiophene rings is 1. The molecule has 0 atom stereocenters. The Morgan fingerprint density at radius 2 is 1.93 bits per heavy atom. The molecule has 15 heavy (non-hydrogen) atoms. The van der Waals surface area contributed by atoms with Gasteiger partial charge in [0.1, 0.15) is 5.78 Å². The molecule has 0 spiro atoms. The van der Waals surface area contributed by atoms with E-state index >= 15 is 0 Å². The van der Waals surface area contributed by atoms with Gasteiger partial charge in [0, 0.05) is 11.3 Å². The van der Waals surface area contributed by atoms with Crippen molar-refractivity contribution in [3.8, 4) is 10.4 Å². The molecular weight excluding hydrogens is 204 g/mol. The molecule has 1 aromatic heterocycles. The number of carbonyl (C=O) groups is 1. The lowest BCUT2D eigenvalue weighted by Crippen LogP contribution is -1.95. The molecule has 2 heteroatoms. The predicted molar refractivity (Wildman–Crippen MR) is 64.1 cm³/mol. The number of ketones is 1. The van der Waals surface area contributed by atoms with E-state index in [2.05, 4.69) is 23.6 Å². The molecule has 0 saturated heterocycles. The van der Waals surface area contributed by atoms with E-state index in [0.717, 1.165) is 5.56 Å². The van der Waals surface area contributed by atoms with Crippen LogP contribution < -0.4 is 0 Å². The Kier molecular flexibility index (Phi) is 2.97. The minimum atomic E-state index is 0.207. The van der Waals surface area contributed by atoms with Gasteiger partial charge in [0.25, 0.3) is 0 Å². The standard InChI is InChI=1S/C13H12OS/c1-10(14)9-11-4-6-12(7-5-11)13-3-2-8-15-13/h2-8H,9H2,1H3. The van der Waals surface area contributed by atoms with Crippen molar-refractivity contribution >= 4 is 17.1 Å². The van der Waals surface area contributed by atoms with Crippen LogP contribution in [0.4, 0.5) is 0 Å². The maximum atomic E-state index is 10.9. The van der Waals surface area contributed by atoms with Crippen LogP contribution in [0.25, 0.3) is 10.4 Å². The van der Waals surface area contributed by atoms with Crippen molar-refractivity contribution in [2.45, 2.75) is 13.3 Å². The average molecular weight is 216 g/mol. The Morgan fingerprint density at radius 1 is 1.20 bits per heavy atom. The molecule has 1 heterocycles. The molecule has 1 aromatic carbocycles. The molecule has 1 nitrogen and oxygen atoms in total.